The van der Waals surface area contributed by atoms with E-state index in [0.717, 1.165) is 24.9 Å². The van der Waals surface area contributed by atoms with Gasteiger partial charge in [0.2, 0.25) is 0 Å². The number of rotatable bonds is 0. The highest BCUT2D eigenvalue weighted by Gasteiger charge is 2.20. The van der Waals surface area contributed by atoms with Crippen LogP contribution in [-0.2, 0) is 6.42 Å². The summed E-state index contributed by atoms with van der Waals surface area (Å²) >= 11 is 6.08. The summed E-state index contributed by atoms with van der Waals surface area (Å²) in [4.78, 5) is 11.7. The molecule has 0 saturated heterocycles. The molecule has 0 amide bonds. The van der Waals surface area contributed by atoms with Gasteiger partial charge in [-0.15, -0.1) is 0 Å². The minimum absolute atomic E-state index is 0.000731. The van der Waals surface area contributed by atoms with Crippen molar-refractivity contribution in [2.45, 2.75) is 12.8 Å². The average molecular weight is 252 g/mol. The van der Waals surface area contributed by atoms with Gasteiger partial charge >= 0.3 is 5.63 Å². The summed E-state index contributed by atoms with van der Waals surface area (Å²) in [6, 6.07) is 2.99. The number of anilines is 1. The van der Waals surface area contributed by atoms with Gasteiger partial charge < -0.3 is 14.8 Å². The molecule has 0 saturated carbocycles. The molecule has 88 valence electrons. The van der Waals surface area contributed by atoms with E-state index < -0.39 is 0 Å². The highest BCUT2D eigenvalue weighted by atomic mass is 35.5. The number of hydrogen-bond donors (Lipinski definition) is 2. The molecule has 1 aliphatic heterocycles. The zero-order valence-corrected chi connectivity index (χ0v) is 9.67. The lowest BCUT2D eigenvalue weighted by atomic mass is 10.0. The van der Waals surface area contributed by atoms with Crippen molar-refractivity contribution in [2.75, 3.05) is 11.9 Å². The molecule has 0 atom stereocenters. The van der Waals surface area contributed by atoms with E-state index >= 15 is 0 Å². The van der Waals surface area contributed by atoms with Gasteiger partial charge in [-0.1, -0.05) is 11.6 Å². The Labute approximate surface area is 102 Å². The van der Waals surface area contributed by atoms with Gasteiger partial charge in [0.1, 0.15) is 17.0 Å². The molecule has 5 heteroatoms. The lowest BCUT2D eigenvalue weighted by molar-refractivity contribution is 0.475. The van der Waals surface area contributed by atoms with Gasteiger partial charge in [0.05, 0.1) is 5.02 Å². The second-order valence-corrected chi connectivity index (χ2v) is 4.42. The number of nitrogens with one attached hydrogen (secondary N) is 1. The minimum atomic E-state index is -0.381. The van der Waals surface area contributed by atoms with Crippen molar-refractivity contribution in [3.63, 3.8) is 0 Å². The van der Waals surface area contributed by atoms with Crippen LogP contribution in [-0.4, -0.2) is 11.7 Å². The number of halogens is 1. The van der Waals surface area contributed by atoms with Crippen molar-refractivity contribution >= 4 is 28.3 Å². The normalized spacial score (nSPS) is 14.4. The first-order valence-corrected chi connectivity index (χ1v) is 5.77. The van der Waals surface area contributed by atoms with Gasteiger partial charge in [0.15, 0.2) is 0 Å². The van der Waals surface area contributed by atoms with Crippen LogP contribution in [0.2, 0.25) is 5.02 Å². The molecule has 4 nitrogen and oxygen atoms in total. The maximum absolute atomic E-state index is 11.7. The Kier molecular flexibility index (Phi) is 2.26. The van der Waals surface area contributed by atoms with Crippen LogP contribution in [0, 0.1) is 0 Å². The molecule has 1 aromatic carbocycles. The van der Waals surface area contributed by atoms with Crippen LogP contribution in [0.1, 0.15) is 12.0 Å². The molecule has 1 aromatic heterocycles. The van der Waals surface area contributed by atoms with Gasteiger partial charge in [-0.3, -0.25) is 0 Å². The Morgan fingerprint density at radius 3 is 3.06 bits per heavy atom. The highest BCUT2D eigenvalue weighted by molar-refractivity contribution is 6.37. The third-order valence-electron chi connectivity index (χ3n) is 3.00. The number of phenols is 1. The van der Waals surface area contributed by atoms with Crippen LogP contribution in [0.4, 0.5) is 5.69 Å². The van der Waals surface area contributed by atoms with Crippen molar-refractivity contribution in [1.82, 2.24) is 0 Å². The van der Waals surface area contributed by atoms with Crippen LogP contribution in [0.15, 0.2) is 21.3 Å². The molecule has 3 rings (SSSR count). The van der Waals surface area contributed by atoms with Crippen LogP contribution < -0.4 is 10.9 Å². The van der Waals surface area contributed by atoms with Crippen LogP contribution >= 0.6 is 11.6 Å². The highest BCUT2D eigenvalue weighted by Crippen LogP contribution is 2.37. The number of fused-ring (bicyclic) bond motifs is 3. The third kappa shape index (κ3) is 1.48. The summed E-state index contributed by atoms with van der Waals surface area (Å²) in [5, 5.41) is 13.5. The number of benzene rings is 1. The van der Waals surface area contributed by atoms with Crippen molar-refractivity contribution in [2.24, 2.45) is 0 Å². The second kappa shape index (κ2) is 3.67. The van der Waals surface area contributed by atoms with Gasteiger partial charge in [0, 0.05) is 11.9 Å². The summed E-state index contributed by atoms with van der Waals surface area (Å²) < 4.78 is 5.18. The fourth-order valence-corrected chi connectivity index (χ4v) is 2.49. The molecular formula is C12H10ClNO3. The smallest absolute Gasteiger partial charge is 0.360 e. The Hall–Kier alpha value is -1.68. The topological polar surface area (TPSA) is 62.5 Å². The standard InChI is InChI=1S/C12H10ClNO3/c13-10-7(15)3-4-8-9(10)6-2-1-5-14-11(6)12(16)17-8/h3-4,14-15H,1-2,5H2. The lowest BCUT2D eigenvalue weighted by Crippen LogP contribution is -2.20. The summed E-state index contributed by atoms with van der Waals surface area (Å²) in [5.74, 6) is 0.000731. The predicted molar refractivity (Wildman–Crippen MR) is 66.0 cm³/mol. The maximum atomic E-state index is 11.7. The molecule has 2 N–H and O–H groups in total. The fraction of sp³-hybridized carbons (Fsp3) is 0.250. The van der Waals surface area contributed by atoms with Crippen molar-refractivity contribution < 1.29 is 9.52 Å². The van der Waals surface area contributed by atoms with E-state index in [4.69, 9.17) is 16.0 Å². The number of aromatic hydroxyl groups is 1. The predicted octanol–water partition coefficient (Wildman–Crippen LogP) is 2.51. The van der Waals surface area contributed by atoms with Crippen LogP contribution in [0.25, 0.3) is 11.0 Å². The molecule has 0 spiro atoms. The molecule has 1 aliphatic rings. The van der Waals surface area contributed by atoms with Gasteiger partial charge in [-0.05, 0) is 30.5 Å². The third-order valence-corrected chi connectivity index (χ3v) is 3.38. The van der Waals surface area contributed by atoms with E-state index in [9.17, 15) is 9.90 Å². The van der Waals surface area contributed by atoms with E-state index in [0.29, 0.717) is 16.7 Å². The first-order valence-electron chi connectivity index (χ1n) is 5.39. The Morgan fingerprint density at radius 1 is 1.41 bits per heavy atom. The number of phenolic OH excluding ortho intramolecular Hbond substituents is 1. The molecule has 0 aliphatic carbocycles. The van der Waals surface area contributed by atoms with Crippen molar-refractivity contribution in [3.8, 4) is 5.75 Å². The first kappa shape index (κ1) is 10.5. The van der Waals surface area contributed by atoms with Crippen molar-refractivity contribution in [1.29, 1.82) is 0 Å². The van der Waals surface area contributed by atoms with E-state index in [1.165, 1.54) is 6.07 Å². The van der Waals surface area contributed by atoms with Gasteiger partial charge in [0.25, 0.3) is 0 Å². The Balaban J connectivity index is 2.49. The molecule has 2 aromatic rings. The van der Waals surface area contributed by atoms with E-state index in [1.54, 1.807) is 6.07 Å². The van der Waals surface area contributed by atoms with Crippen molar-refractivity contribution in [3.05, 3.63) is 33.1 Å². The zero-order valence-electron chi connectivity index (χ0n) is 8.92. The largest absolute Gasteiger partial charge is 0.506 e. The second-order valence-electron chi connectivity index (χ2n) is 4.05. The summed E-state index contributed by atoms with van der Waals surface area (Å²) in [5.41, 5.74) is 1.34. The quantitative estimate of drug-likeness (QED) is 0.707. The number of aryl methyl sites for hydroxylation is 1. The SMILES string of the molecule is O=c1oc2ccc(O)c(Cl)c2c2c1NCCC2. The molecular weight excluding hydrogens is 242 g/mol. The average Bonchev–Trinajstić information content (AvgIpc) is 2.34. The van der Waals surface area contributed by atoms with Crippen LogP contribution in [0.5, 0.6) is 5.75 Å². The van der Waals surface area contributed by atoms with E-state index in [-0.39, 0.29) is 16.4 Å². The first-order chi connectivity index (χ1) is 8.18. The molecule has 2 heterocycles. The van der Waals surface area contributed by atoms with E-state index in [1.807, 2.05) is 0 Å². The zero-order chi connectivity index (χ0) is 12.0. The maximum Gasteiger partial charge on any atom is 0.360 e. The molecule has 0 unspecified atom stereocenters. The Bertz CT molecular complexity index is 663. The monoisotopic (exact) mass is 251 g/mol. The van der Waals surface area contributed by atoms with Crippen LogP contribution in [0.3, 0.4) is 0 Å². The lowest BCUT2D eigenvalue weighted by Gasteiger charge is -2.18. The summed E-state index contributed by atoms with van der Waals surface area (Å²) in [6.07, 6.45) is 1.69. The molecule has 0 radical (unpaired) electrons. The molecule has 17 heavy (non-hydrogen) atoms. The molecule has 0 fully saturated rings. The summed E-state index contributed by atoms with van der Waals surface area (Å²) in [6.45, 7) is 0.750. The van der Waals surface area contributed by atoms with E-state index in [2.05, 4.69) is 5.32 Å². The van der Waals surface area contributed by atoms with Gasteiger partial charge in [-0.25, -0.2) is 4.79 Å². The van der Waals surface area contributed by atoms with Gasteiger partial charge in [-0.2, -0.15) is 0 Å². The Morgan fingerprint density at radius 2 is 2.24 bits per heavy atom. The molecule has 0 bridgehead atoms. The summed E-state index contributed by atoms with van der Waals surface area (Å²) in [7, 11) is 0. The fourth-order valence-electron chi connectivity index (χ4n) is 2.22. The minimum Gasteiger partial charge on any atom is -0.506 e. The number of hydrogen-bond acceptors (Lipinski definition) is 4.